The van der Waals surface area contributed by atoms with Crippen LogP contribution in [0.4, 0.5) is 0 Å². The number of likely N-dealkylation sites (N-methyl/N-ethyl adjacent to an activating group) is 1. The van der Waals surface area contributed by atoms with Gasteiger partial charge in [0.2, 0.25) is 0 Å². The van der Waals surface area contributed by atoms with Gasteiger partial charge in [-0.25, -0.2) is 0 Å². The molecule has 0 amide bonds. The van der Waals surface area contributed by atoms with E-state index in [1.54, 1.807) is 0 Å². The summed E-state index contributed by atoms with van der Waals surface area (Å²) < 4.78 is 0. The molecule has 1 saturated heterocycles. The highest BCUT2D eigenvalue weighted by Crippen LogP contribution is 2.22. The maximum absolute atomic E-state index is 6.39. The van der Waals surface area contributed by atoms with E-state index in [1.807, 2.05) is 0 Å². The molecule has 1 heterocycles. The van der Waals surface area contributed by atoms with Crippen LogP contribution >= 0.6 is 0 Å². The quantitative estimate of drug-likeness (QED) is 0.840. The van der Waals surface area contributed by atoms with Crippen LogP contribution in [0.5, 0.6) is 0 Å². The monoisotopic (exact) mass is 218 g/mol. The van der Waals surface area contributed by atoms with Gasteiger partial charge >= 0.3 is 0 Å². The van der Waals surface area contributed by atoms with Crippen LogP contribution in [-0.4, -0.2) is 30.6 Å². The van der Waals surface area contributed by atoms with Crippen LogP contribution in [0.25, 0.3) is 0 Å². The van der Waals surface area contributed by atoms with Crippen molar-refractivity contribution in [1.29, 1.82) is 0 Å². The van der Waals surface area contributed by atoms with E-state index in [-0.39, 0.29) is 5.54 Å². The number of hydrogen-bond acceptors (Lipinski definition) is 2. The van der Waals surface area contributed by atoms with E-state index in [0.717, 1.165) is 32.4 Å². The summed E-state index contributed by atoms with van der Waals surface area (Å²) in [7, 11) is 2.15. The first-order valence-corrected chi connectivity index (χ1v) is 6.10. The number of aryl methyl sites for hydroxylation is 2. The second-order valence-corrected chi connectivity index (χ2v) is 5.34. The van der Waals surface area contributed by atoms with Gasteiger partial charge in [-0.15, -0.1) is 0 Å². The van der Waals surface area contributed by atoms with Gasteiger partial charge in [0.05, 0.1) is 0 Å². The number of rotatable bonds is 3. The van der Waals surface area contributed by atoms with Crippen LogP contribution in [0, 0.1) is 6.92 Å². The first kappa shape index (κ1) is 11.6. The molecule has 1 aliphatic rings. The van der Waals surface area contributed by atoms with E-state index < -0.39 is 0 Å². The average Bonchev–Trinajstić information content (AvgIpc) is 2.59. The van der Waals surface area contributed by atoms with E-state index in [4.69, 9.17) is 5.73 Å². The van der Waals surface area contributed by atoms with Crippen LogP contribution in [0.15, 0.2) is 24.3 Å². The molecule has 16 heavy (non-hydrogen) atoms. The highest BCUT2D eigenvalue weighted by atomic mass is 15.2. The third-order valence-corrected chi connectivity index (χ3v) is 3.61. The second-order valence-electron chi connectivity index (χ2n) is 5.34. The number of likely N-dealkylation sites (tertiary alicyclic amines) is 1. The van der Waals surface area contributed by atoms with Crippen LogP contribution in [0.1, 0.15) is 24.0 Å². The molecule has 2 nitrogen and oxygen atoms in total. The Morgan fingerprint density at radius 1 is 1.31 bits per heavy atom. The number of nitrogens with zero attached hydrogens (tertiary/aromatic N) is 1. The molecule has 1 atom stereocenters. The van der Waals surface area contributed by atoms with Crippen molar-refractivity contribution in [1.82, 2.24) is 4.90 Å². The lowest BCUT2D eigenvalue weighted by Gasteiger charge is -2.23. The predicted octanol–water partition coefficient (Wildman–Crippen LogP) is 1.96. The zero-order valence-corrected chi connectivity index (χ0v) is 10.4. The summed E-state index contributed by atoms with van der Waals surface area (Å²) in [6, 6.07) is 8.80. The topological polar surface area (TPSA) is 29.3 Å². The fourth-order valence-electron chi connectivity index (χ4n) is 2.46. The summed E-state index contributed by atoms with van der Waals surface area (Å²) in [4.78, 5) is 2.33. The molecule has 0 bridgehead atoms. The Kier molecular flexibility index (Phi) is 3.31. The highest BCUT2D eigenvalue weighted by Gasteiger charge is 2.31. The lowest BCUT2D eigenvalue weighted by atomic mass is 9.91. The van der Waals surface area contributed by atoms with E-state index in [2.05, 4.69) is 43.1 Å². The lowest BCUT2D eigenvalue weighted by Crippen LogP contribution is -2.42. The number of hydrogen-bond donors (Lipinski definition) is 1. The van der Waals surface area contributed by atoms with E-state index in [1.165, 1.54) is 11.1 Å². The van der Waals surface area contributed by atoms with E-state index in [0.29, 0.717) is 0 Å². The molecule has 0 aromatic heterocycles. The van der Waals surface area contributed by atoms with Gasteiger partial charge in [-0.05, 0) is 45.3 Å². The van der Waals surface area contributed by atoms with Crippen molar-refractivity contribution in [3.8, 4) is 0 Å². The summed E-state index contributed by atoms with van der Waals surface area (Å²) in [5, 5.41) is 0. The summed E-state index contributed by atoms with van der Waals surface area (Å²) in [6.45, 7) is 4.31. The molecule has 1 aromatic rings. The standard InChI is InChI=1S/C14H22N2/c1-12-3-5-13(6-4-12)7-8-14(15)9-10-16(2)11-14/h3-6H,7-11,15H2,1-2H3. The number of nitrogens with two attached hydrogens (primary N) is 1. The summed E-state index contributed by atoms with van der Waals surface area (Å²) in [6.07, 6.45) is 3.33. The molecule has 2 N–H and O–H groups in total. The molecule has 1 aromatic carbocycles. The van der Waals surface area contributed by atoms with Gasteiger partial charge in [0.1, 0.15) is 0 Å². The average molecular weight is 218 g/mol. The second kappa shape index (κ2) is 4.56. The maximum atomic E-state index is 6.39. The van der Waals surface area contributed by atoms with Crippen LogP contribution in [-0.2, 0) is 6.42 Å². The van der Waals surface area contributed by atoms with Crippen LogP contribution in [0.3, 0.4) is 0 Å². The predicted molar refractivity (Wildman–Crippen MR) is 68.5 cm³/mol. The molecule has 88 valence electrons. The molecule has 0 saturated carbocycles. The minimum absolute atomic E-state index is 0.0413. The maximum Gasteiger partial charge on any atom is 0.0298 e. The molecule has 0 aliphatic carbocycles. The van der Waals surface area contributed by atoms with Crippen molar-refractivity contribution in [2.75, 3.05) is 20.1 Å². The first-order chi connectivity index (χ1) is 7.57. The molecule has 2 heteroatoms. The van der Waals surface area contributed by atoms with Crippen molar-refractivity contribution >= 4 is 0 Å². The van der Waals surface area contributed by atoms with Gasteiger partial charge in [-0.2, -0.15) is 0 Å². The largest absolute Gasteiger partial charge is 0.324 e. The molecule has 2 rings (SSSR count). The summed E-state index contributed by atoms with van der Waals surface area (Å²) in [5.41, 5.74) is 9.16. The third kappa shape index (κ3) is 2.83. The van der Waals surface area contributed by atoms with Gasteiger partial charge < -0.3 is 10.6 Å². The van der Waals surface area contributed by atoms with Gasteiger partial charge in [0.25, 0.3) is 0 Å². The van der Waals surface area contributed by atoms with Crippen molar-refractivity contribution < 1.29 is 0 Å². The Morgan fingerprint density at radius 2 is 2.00 bits per heavy atom. The minimum atomic E-state index is 0.0413. The Bertz CT molecular complexity index is 344. The van der Waals surface area contributed by atoms with Crippen LogP contribution in [0.2, 0.25) is 0 Å². The smallest absolute Gasteiger partial charge is 0.0298 e. The van der Waals surface area contributed by atoms with Crippen molar-refractivity contribution in [2.24, 2.45) is 5.73 Å². The molecular formula is C14H22N2. The first-order valence-electron chi connectivity index (χ1n) is 6.10. The third-order valence-electron chi connectivity index (χ3n) is 3.61. The molecule has 1 aliphatic heterocycles. The Labute approximate surface area is 98.4 Å². The highest BCUT2D eigenvalue weighted by molar-refractivity contribution is 5.21. The van der Waals surface area contributed by atoms with Gasteiger partial charge in [-0.1, -0.05) is 29.8 Å². The van der Waals surface area contributed by atoms with Crippen molar-refractivity contribution in [2.45, 2.75) is 31.7 Å². The number of benzene rings is 1. The summed E-state index contributed by atoms with van der Waals surface area (Å²) >= 11 is 0. The summed E-state index contributed by atoms with van der Waals surface area (Å²) in [5.74, 6) is 0. The zero-order valence-electron chi connectivity index (χ0n) is 10.4. The normalized spacial score (nSPS) is 26.2. The molecule has 1 unspecified atom stereocenters. The van der Waals surface area contributed by atoms with Crippen molar-refractivity contribution in [3.63, 3.8) is 0 Å². The molecule has 0 radical (unpaired) electrons. The van der Waals surface area contributed by atoms with E-state index in [9.17, 15) is 0 Å². The Hall–Kier alpha value is -0.860. The zero-order chi connectivity index (χ0) is 11.6. The van der Waals surface area contributed by atoms with Gasteiger partial charge in [-0.3, -0.25) is 0 Å². The van der Waals surface area contributed by atoms with Gasteiger partial charge in [0, 0.05) is 12.1 Å². The lowest BCUT2D eigenvalue weighted by molar-refractivity contribution is 0.354. The van der Waals surface area contributed by atoms with Gasteiger partial charge in [0.15, 0.2) is 0 Å². The SMILES string of the molecule is Cc1ccc(CCC2(N)CCN(C)C2)cc1. The van der Waals surface area contributed by atoms with Crippen molar-refractivity contribution in [3.05, 3.63) is 35.4 Å². The van der Waals surface area contributed by atoms with E-state index >= 15 is 0 Å². The Morgan fingerprint density at radius 3 is 2.56 bits per heavy atom. The Balaban J connectivity index is 1.90. The fraction of sp³-hybridized carbons (Fsp3) is 0.571. The molecular weight excluding hydrogens is 196 g/mol. The molecule has 0 spiro atoms. The minimum Gasteiger partial charge on any atom is -0.324 e. The van der Waals surface area contributed by atoms with Crippen LogP contribution < -0.4 is 5.73 Å². The molecule has 1 fully saturated rings. The fourth-order valence-corrected chi connectivity index (χ4v) is 2.46.